The lowest BCUT2D eigenvalue weighted by Gasteiger charge is -2.29. The van der Waals surface area contributed by atoms with E-state index in [4.69, 9.17) is 5.11 Å². The zero-order chi connectivity index (χ0) is 19.6. The van der Waals surface area contributed by atoms with Gasteiger partial charge in [0.1, 0.15) is 6.54 Å². The molecule has 1 fully saturated rings. The fourth-order valence-corrected chi connectivity index (χ4v) is 3.16. The highest BCUT2D eigenvalue weighted by Gasteiger charge is 2.35. The maximum Gasteiger partial charge on any atom is 0.308 e. The summed E-state index contributed by atoms with van der Waals surface area (Å²) in [5, 5.41) is 11.8. The largest absolute Gasteiger partial charge is 0.481 e. The van der Waals surface area contributed by atoms with E-state index in [9.17, 15) is 19.2 Å². The Bertz CT molecular complexity index is 774. The Labute approximate surface area is 157 Å². The summed E-state index contributed by atoms with van der Waals surface area (Å²) in [5.74, 6) is -2.38. The van der Waals surface area contributed by atoms with Crippen LogP contribution < -0.4 is 10.2 Å². The number of carbonyl (C=O) groups excluding carboxylic acids is 3. The molecule has 1 aliphatic heterocycles. The SMILES string of the molecule is CC(CN(C(=O)CCC(=O)N1CC(=O)Nc2ccccc21)C1CC1)C(=O)O. The summed E-state index contributed by atoms with van der Waals surface area (Å²) in [4.78, 5) is 51.1. The number of anilines is 2. The molecule has 0 spiro atoms. The van der Waals surface area contributed by atoms with Crippen LogP contribution in [0.25, 0.3) is 0 Å². The average molecular weight is 373 g/mol. The summed E-state index contributed by atoms with van der Waals surface area (Å²) in [5.41, 5.74) is 1.19. The van der Waals surface area contributed by atoms with E-state index in [-0.39, 0.29) is 49.7 Å². The predicted octanol–water partition coefficient (Wildman–Crippen LogP) is 1.46. The molecular weight excluding hydrogens is 350 g/mol. The summed E-state index contributed by atoms with van der Waals surface area (Å²) >= 11 is 0. The Balaban J connectivity index is 1.62. The molecule has 8 nitrogen and oxygen atoms in total. The van der Waals surface area contributed by atoms with Gasteiger partial charge in [-0.3, -0.25) is 19.2 Å². The van der Waals surface area contributed by atoms with Gasteiger partial charge in [-0.25, -0.2) is 0 Å². The summed E-state index contributed by atoms with van der Waals surface area (Å²) in [6, 6.07) is 7.10. The first kappa shape index (κ1) is 18.9. The second-order valence-corrected chi connectivity index (χ2v) is 7.06. The highest BCUT2D eigenvalue weighted by atomic mass is 16.4. The number of hydrogen-bond donors (Lipinski definition) is 2. The Morgan fingerprint density at radius 1 is 1.26 bits per heavy atom. The first-order valence-corrected chi connectivity index (χ1v) is 9.08. The zero-order valence-corrected chi connectivity index (χ0v) is 15.2. The number of carbonyl (C=O) groups is 4. The van der Waals surface area contributed by atoms with E-state index < -0.39 is 11.9 Å². The Kier molecular flexibility index (Phi) is 5.43. The van der Waals surface area contributed by atoms with Crippen LogP contribution >= 0.6 is 0 Å². The molecule has 1 saturated carbocycles. The molecule has 3 rings (SSSR count). The van der Waals surface area contributed by atoms with Crippen molar-refractivity contribution in [2.75, 3.05) is 23.3 Å². The van der Waals surface area contributed by atoms with Crippen molar-refractivity contribution in [3.8, 4) is 0 Å². The highest BCUT2D eigenvalue weighted by molar-refractivity contribution is 6.10. The summed E-state index contributed by atoms with van der Waals surface area (Å²) in [7, 11) is 0. The van der Waals surface area contributed by atoms with Crippen LogP contribution in [0.3, 0.4) is 0 Å². The van der Waals surface area contributed by atoms with Crippen molar-refractivity contribution in [2.45, 2.75) is 38.6 Å². The van der Waals surface area contributed by atoms with Crippen molar-refractivity contribution in [3.05, 3.63) is 24.3 Å². The van der Waals surface area contributed by atoms with Crippen LogP contribution in [0.2, 0.25) is 0 Å². The van der Waals surface area contributed by atoms with Crippen LogP contribution in [-0.4, -0.2) is 52.8 Å². The van der Waals surface area contributed by atoms with E-state index in [1.807, 2.05) is 0 Å². The molecule has 0 saturated heterocycles. The molecule has 1 heterocycles. The lowest BCUT2D eigenvalue weighted by atomic mass is 10.1. The van der Waals surface area contributed by atoms with Crippen LogP contribution in [0.5, 0.6) is 0 Å². The minimum Gasteiger partial charge on any atom is -0.481 e. The third-order valence-corrected chi connectivity index (χ3v) is 4.82. The number of carboxylic acid groups (broad SMARTS) is 1. The van der Waals surface area contributed by atoms with Gasteiger partial charge in [0.25, 0.3) is 0 Å². The Morgan fingerprint density at radius 2 is 1.96 bits per heavy atom. The number of nitrogens with zero attached hydrogens (tertiary/aromatic N) is 2. The maximum absolute atomic E-state index is 12.6. The minimum atomic E-state index is -0.944. The van der Waals surface area contributed by atoms with Crippen LogP contribution in [-0.2, 0) is 19.2 Å². The zero-order valence-electron chi connectivity index (χ0n) is 15.2. The van der Waals surface area contributed by atoms with Gasteiger partial charge in [-0.15, -0.1) is 0 Å². The van der Waals surface area contributed by atoms with Gasteiger partial charge in [0.05, 0.1) is 17.3 Å². The van der Waals surface area contributed by atoms with Crippen LogP contribution in [0, 0.1) is 5.92 Å². The Hall–Kier alpha value is -2.90. The number of fused-ring (bicyclic) bond motifs is 1. The fraction of sp³-hybridized carbons (Fsp3) is 0.474. The minimum absolute atomic E-state index is 0.00194. The molecule has 27 heavy (non-hydrogen) atoms. The highest BCUT2D eigenvalue weighted by Crippen LogP contribution is 2.30. The van der Waals surface area contributed by atoms with Gasteiger partial charge in [0, 0.05) is 25.4 Å². The number of aliphatic carboxylic acids is 1. The monoisotopic (exact) mass is 373 g/mol. The second kappa shape index (κ2) is 7.77. The lowest BCUT2D eigenvalue weighted by Crippen LogP contribution is -2.43. The lowest BCUT2D eigenvalue weighted by molar-refractivity contribution is -0.143. The molecular formula is C19H23N3O5. The summed E-state index contributed by atoms with van der Waals surface area (Å²) in [6.45, 7) is 1.65. The molecule has 1 aromatic carbocycles. The van der Waals surface area contributed by atoms with E-state index in [0.29, 0.717) is 11.4 Å². The molecule has 1 unspecified atom stereocenters. The number of rotatable bonds is 7. The fourth-order valence-electron chi connectivity index (χ4n) is 3.16. The van der Waals surface area contributed by atoms with Crippen molar-refractivity contribution < 1.29 is 24.3 Å². The van der Waals surface area contributed by atoms with Gasteiger partial charge in [0.15, 0.2) is 0 Å². The molecule has 2 aliphatic rings. The second-order valence-electron chi connectivity index (χ2n) is 7.06. The van der Waals surface area contributed by atoms with Gasteiger partial charge >= 0.3 is 5.97 Å². The average Bonchev–Trinajstić information content (AvgIpc) is 3.47. The summed E-state index contributed by atoms with van der Waals surface area (Å²) < 4.78 is 0. The molecule has 144 valence electrons. The van der Waals surface area contributed by atoms with E-state index in [0.717, 1.165) is 12.8 Å². The summed E-state index contributed by atoms with van der Waals surface area (Å²) in [6.07, 6.45) is 1.71. The number of benzene rings is 1. The molecule has 0 bridgehead atoms. The van der Waals surface area contributed by atoms with E-state index in [1.165, 1.54) is 4.90 Å². The predicted molar refractivity (Wildman–Crippen MR) is 98.2 cm³/mol. The van der Waals surface area contributed by atoms with Gasteiger partial charge < -0.3 is 20.2 Å². The Morgan fingerprint density at radius 3 is 2.63 bits per heavy atom. The first-order valence-electron chi connectivity index (χ1n) is 9.08. The third kappa shape index (κ3) is 4.45. The van der Waals surface area contributed by atoms with Crippen LogP contribution in [0.15, 0.2) is 24.3 Å². The van der Waals surface area contributed by atoms with Crippen molar-refractivity contribution in [1.82, 2.24) is 4.90 Å². The van der Waals surface area contributed by atoms with Crippen molar-refractivity contribution in [1.29, 1.82) is 0 Å². The topological polar surface area (TPSA) is 107 Å². The molecule has 8 heteroatoms. The number of amides is 3. The van der Waals surface area contributed by atoms with Gasteiger partial charge in [-0.2, -0.15) is 0 Å². The number of carboxylic acids is 1. The molecule has 3 amide bonds. The third-order valence-electron chi connectivity index (χ3n) is 4.82. The van der Waals surface area contributed by atoms with Crippen molar-refractivity contribution in [2.24, 2.45) is 5.92 Å². The smallest absolute Gasteiger partial charge is 0.308 e. The van der Waals surface area contributed by atoms with Gasteiger partial charge in [-0.05, 0) is 25.0 Å². The molecule has 1 atom stereocenters. The van der Waals surface area contributed by atoms with E-state index in [2.05, 4.69) is 5.32 Å². The van der Waals surface area contributed by atoms with Gasteiger partial charge in [-0.1, -0.05) is 19.1 Å². The maximum atomic E-state index is 12.6. The molecule has 1 aromatic rings. The van der Waals surface area contributed by atoms with Crippen molar-refractivity contribution in [3.63, 3.8) is 0 Å². The number of para-hydroxylation sites is 2. The molecule has 0 aromatic heterocycles. The van der Waals surface area contributed by atoms with E-state index >= 15 is 0 Å². The van der Waals surface area contributed by atoms with Crippen molar-refractivity contribution >= 4 is 35.1 Å². The molecule has 1 aliphatic carbocycles. The van der Waals surface area contributed by atoms with Gasteiger partial charge in [0.2, 0.25) is 17.7 Å². The normalized spacial score (nSPS) is 16.9. The van der Waals surface area contributed by atoms with Crippen LogP contribution in [0.4, 0.5) is 11.4 Å². The van der Waals surface area contributed by atoms with Crippen LogP contribution in [0.1, 0.15) is 32.6 Å². The quantitative estimate of drug-likeness (QED) is 0.752. The molecule has 0 radical (unpaired) electrons. The molecule has 2 N–H and O–H groups in total. The standard InChI is InChI=1S/C19H23N3O5/c1-12(19(26)27)10-21(13-6-7-13)17(24)8-9-18(25)22-11-16(23)20-14-4-2-3-5-15(14)22/h2-5,12-13H,6-11H2,1H3,(H,20,23)(H,26,27). The number of hydrogen-bond acceptors (Lipinski definition) is 4. The number of nitrogens with one attached hydrogen (secondary N) is 1. The van der Waals surface area contributed by atoms with E-state index in [1.54, 1.807) is 36.1 Å². The first-order chi connectivity index (χ1) is 12.9.